The van der Waals surface area contributed by atoms with Crippen molar-refractivity contribution in [3.63, 3.8) is 0 Å². The quantitative estimate of drug-likeness (QED) is 0.411. The predicted molar refractivity (Wildman–Crippen MR) is 118 cm³/mol. The van der Waals surface area contributed by atoms with E-state index in [1.807, 2.05) is 12.1 Å². The lowest BCUT2D eigenvalue weighted by Gasteiger charge is -2.15. The van der Waals surface area contributed by atoms with Gasteiger partial charge in [-0.05, 0) is 36.1 Å². The molecular weight excluding hydrogens is 346 g/mol. The monoisotopic (exact) mass is 383 g/mol. The van der Waals surface area contributed by atoms with E-state index in [9.17, 15) is 0 Å². The summed E-state index contributed by atoms with van der Waals surface area (Å²) >= 11 is 0. The summed E-state index contributed by atoms with van der Waals surface area (Å²) in [6.07, 6.45) is 10.7. The van der Waals surface area contributed by atoms with Crippen LogP contribution in [0.2, 0.25) is 0 Å². The Kier molecular flexibility index (Phi) is 10.5. The van der Waals surface area contributed by atoms with Gasteiger partial charge in [0.15, 0.2) is 11.5 Å². The first-order valence-corrected chi connectivity index (χ1v) is 10.8. The van der Waals surface area contributed by atoms with Crippen molar-refractivity contribution in [3.8, 4) is 11.5 Å². The molecule has 0 aliphatic rings. The third kappa shape index (κ3) is 8.35. The van der Waals surface area contributed by atoms with Gasteiger partial charge in [0.25, 0.3) is 0 Å². The lowest BCUT2D eigenvalue weighted by molar-refractivity contribution is 0.297. The number of benzene rings is 2. The molecule has 0 radical (unpaired) electrons. The van der Waals surface area contributed by atoms with Gasteiger partial charge in [0.05, 0.1) is 13.7 Å². The van der Waals surface area contributed by atoms with Crippen LogP contribution in [0.3, 0.4) is 0 Å². The molecule has 0 spiro atoms. The van der Waals surface area contributed by atoms with Gasteiger partial charge < -0.3 is 15.2 Å². The molecular formula is C25H37NO2. The first-order valence-electron chi connectivity index (χ1n) is 10.8. The maximum Gasteiger partial charge on any atom is 0.161 e. The van der Waals surface area contributed by atoms with Crippen molar-refractivity contribution in [2.75, 3.05) is 13.7 Å². The summed E-state index contributed by atoms with van der Waals surface area (Å²) in [6.45, 7) is 2.89. The van der Waals surface area contributed by atoms with E-state index in [4.69, 9.17) is 15.2 Å². The topological polar surface area (TPSA) is 44.5 Å². The highest BCUT2D eigenvalue weighted by molar-refractivity contribution is 5.43. The maximum atomic E-state index is 6.37. The summed E-state index contributed by atoms with van der Waals surface area (Å²) in [5.41, 5.74) is 8.86. The highest BCUT2D eigenvalue weighted by atomic mass is 16.5. The number of rotatable bonds is 14. The van der Waals surface area contributed by atoms with Crippen molar-refractivity contribution < 1.29 is 9.47 Å². The van der Waals surface area contributed by atoms with Crippen LogP contribution in [-0.2, 0) is 12.8 Å². The Balaban J connectivity index is 1.80. The van der Waals surface area contributed by atoms with Crippen LogP contribution in [0.5, 0.6) is 11.5 Å². The van der Waals surface area contributed by atoms with Crippen molar-refractivity contribution in [1.82, 2.24) is 0 Å². The summed E-state index contributed by atoms with van der Waals surface area (Å²) in [7, 11) is 1.68. The van der Waals surface area contributed by atoms with Crippen molar-refractivity contribution >= 4 is 0 Å². The minimum atomic E-state index is 0.205. The van der Waals surface area contributed by atoms with Gasteiger partial charge in [0, 0.05) is 12.5 Å². The summed E-state index contributed by atoms with van der Waals surface area (Å²) in [5, 5.41) is 0. The van der Waals surface area contributed by atoms with Gasteiger partial charge in [0.1, 0.15) is 0 Å². The van der Waals surface area contributed by atoms with Gasteiger partial charge in [-0.3, -0.25) is 0 Å². The van der Waals surface area contributed by atoms with Crippen LogP contribution < -0.4 is 15.2 Å². The molecule has 0 aliphatic carbocycles. The number of hydrogen-bond acceptors (Lipinski definition) is 3. The second kappa shape index (κ2) is 13.2. The highest BCUT2D eigenvalue weighted by Gasteiger charge is 2.09. The largest absolute Gasteiger partial charge is 0.493 e. The van der Waals surface area contributed by atoms with Crippen molar-refractivity contribution in [3.05, 3.63) is 59.7 Å². The van der Waals surface area contributed by atoms with Gasteiger partial charge in [-0.15, -0.1) is 0 Å². The fourth-order valence-corrected chi connectivity index (χ4v) is 3.48. The molecule has 154 valence electrons. The lowest BCUT2D eigenvalue weighted by Crippen LogP contribution is -2.22. The second-order valence-corrected chi connectivity index (χ2v) is 7.59. The van der Waals surface area contributed by atoms with Crippen molar-refractivity contribution in [1.29, 1.82) is 0 Å². The highest BCUT2D eigenvalue weighted by Crippen LogP contribution is 2.29. The Morgan fingerprint density at radius 2 is 1.61 bits per heavy atom. The van der Waals surface area contributed by atoms with E-state index in [1.165, 1.54) is 49.7 Å². The molecule has 2 N–H and O–H groups in total. The molecule has 1 atom stereocenters. The summed E-state index contributed by atoms with van der Waals surface area (Å²) < 4.78 is 11.5. The Labute approximate surface area is 171 Å². The van der Waals surface area contributed by atoms with Crippen LogP contribution in [-0.4, -0.2) is 19.8 Å². The SMILES string of the molecule is CCCCCCCC[C@H](N)Cc1ccc(OC)c(OCCc2ccccc2)c1. The van der Waals surface area contributed by atoms with Gasteiger partial charge >= 0.3 is 0 Å². The molecule has 3 heteroatoms. The van der Waals surface area contributed by atoms with Crippen LogP contribution in [0.15, 0.2) is 48.5 Å². The summed E-state index contributed by atoms with van der Waals surface area (Å²) in [5.74, 6) is 1.59. The fraction of sp³-hybridized carbons (Fsp3) is 0.520. The number of hydrogen-bond donors (Lipinski definition) is 1. The van der Waals surface area contributed by atoms with Crippen LogP contribution in [0.1, 0.15) is 63.0 Å². The third-order valence-electron chi connectivity index (χ3n) is 5.15. The molecule has 0 aromatic heterocycles. The van der Waals surface area contributed by atoms with E-state index in [0.717, 1.165) is 30.8 Å². The average molecular weight is 384 g/mol. The minimum Gasteiger partial charge on any atom is -0.493 e. The molecule has 2 rings (SSSR count). The van der Waals surface area contributed by atoms with Crippen LogP contribution in [0.4, 0.5) is 0 Å². The van der Waals surface area contributed by atoms with E-state index < -0.39 is 0 Å². The van der Waals surface area contributed by atoms with E-state index in [1.54, 1.807) is 7.11 Å². The van der Waals surface area contributed by atoms with E-state index in [0.29, 0.717) is 6.61 Å². The normalized spacial score (nSPS) is 12.0. The molecule has 2 aromatic carbocycles. The predicted octanol–water partition coefficient (Wildman–Crippen LogP) is 5.94. The number of methoxy groups -OCH3 is 1. The van der Waals surface area contributed by atoms with Crippen LogP contribution in [0, 0.1) is 0 Å². The molecule has 0 fully saturated rings. The molecule has 0 amide bonds. The smallest absolute Gasteiger partial charge is 0.161 e. The van der Waals surface area contributed by atoms with Gasteiger partial charge in [-0.2, -0.15) is 0 Å². The number of nitrogens with two attached hydrogens (primary N) is 1. The Bertz CT molecular complexity index is 657. The molecule has 0 aliphatic heterocycles. The van der Waals surface area contributed by atoms with Gasteiger partial charge in [0.2, 0.25) is 0 Å². The zero-order valence-electron chi connectivity index (χ0n) is 17.7. The second-order valence-electron chi connectivity index (χ2n) is 7.59. The van der Waals surface area contributed by atoms with Gasteiger partial charge in [-0.1, -0.05) is 81.8 Å². The molecule has 28 heavy (non-hydrogen) atoms. The van der Waals surface area contributed by atoms with Crippen molar-refractivity contribution in [2.45, 2.75) is 70.8 Å². The summed E-state index contributed by atoms with van der Waals surface area (Å²) in [4.78, 5) is 0. The molecule has 0 saturated carbocycles. The Hall–Kier alpha value is -2.00. The van der Waals surface area contributed by atoms with E-state index >= 15 is 0 Å². The Morgan fingerprint density at radius 3 is 2.36 bits per heavy atom. The van der Waals surface area contributed by atoms with E-state index in [2.05, 4.69) is 43.3 Å². The van der Waals surface area contributed by atoms with E-state index in [-0.39, 0.29) is 6.04 Å². The zero-order valence-corrected chi connectivity index (χ0v) is 17.7. The van der Waals surface area contributed by atoms with Crippen LogP contribution in [0.25, 0.3) is 0 Å². The summed E-state index contributed by atoms with van der Waals surface area (Å²) in [6, 6.07) is 16.8. The molecule has 0 saturated heterocycles. The number of ether oxygens (including phenoxy) is 2. The van der Waals surface area contributed by atoms with Crippen LogP contribution >= 0.6 is 0 Å². The first kappa shape index (κ1) is 22.3. The molecule has 0 bridgehead atoms. The van der Waals surface area contributed by atoms with Gasteiger partial charge in [-0.25, -0.2) is 0 Å². The third-order valence-corrected chi connectivity index (χ3v) is 5.15. The number of unbranched alkanes of at least 4 members (excludes halogenated alkanes) is 5. The minimum absolute atomic E-state index is 0.205. The lowest BCUT2D eigenvalue weighted by atomic mass is 10.00. The Morgan fingerprint density at radius 1 is 0.857 bits per heavy atom. The standard InChI is InChI=1S/C25H37NO2/c1-3-4-5-6-7-11-14-23(26)19-22-15-16-24(27-2)25(20-22)28-18-17-21-12-9-8-10-13-21/h8-10,12-13,15-16,20,23H,3-7,11,14,17-19,26H2,1-2H3/t23-/m0/s1. The fourth-order valence-electron chi connectivity index (χ4n) is 3.48. The first-order chi connectivity index (χ1) is 13.7. The molecule has 0 heterocycles. The molecule has 2 aromatic rings. The average Bonchev–Trinajstić information content (AvgIpc) is 2.71. The van der Waals surface area contributed by atoms with Crippen molar-refractivity contribution in [2.24, 2.45) is 5.73 Å². The zero-order chi connectivity index (χ0) is 20.0. The molecule has 0 unspecified atom stereocenters. The molecule has 3 nitrogen and oxygen atoms in total. The maximum absolute atomic E-state index is 6.37.